The van der Waals surface area contributed by atoms with Crippen molar-refractivity contribution >= 4 is 38.9 Å². The summed E-state index contributed by atoms with van der Waals surface area (Å²) in [7, 11) is 0. The minimum Gasteiger partial charge on any atom is -0.351 e. The zero-order chi connectivity index (χ0) is 19.8. The van der Waals surface area contributed by atoms with Gasteiger partial charge < -0.3 is 14.8 Å². The average molecular weight is 467 g/mol. The summed E-state index contributed by atoms with van der Waals surface area (Å²) in [6.45, 7) is 0. The zero-order valence-electron chi connectivity index (χ0n) is 16.0. The van der Waals surface area contributed by atoms with Gasteiger partial charge in [0.25, 0.3) is 0 Å². The molecular weight excluding hydrogens is 444 g/mol. The van der Waals surface area contributed by atoms with Crippen molar-refractivity contribution in [2.24, 2.45) is 0 Å². The molecular formula is C23H23BrN4S. The molecule has 2 aromatic heterocycles. The van der Waals surface area contributed by atoms with Gasteiger partial charge in [-0.1, -0.05) is 34.8 Å². The smallest absolute Gasteiger partial charge is 0.174 e. The number of nitrogens with one attached hydrogen (secondary N) is 1. The van der Waals surface area contributed by atoms with Gasteiger partial charge in [-0.3, -0.25) is 4.98 Å². The van der Waals surface area contributed by atoms with Crippen LogP contribution in [0.4, 0.5) is 5.69 Å². The van der Waals surface area contributed by atoms with E-state index in [0.717, 1.165) is 21.0 Å². The van der Waals surface area contributed by atoms with E-state index in [1.54, 1.807) is 0 Å². The Morgan fingerprint density at radius 3 is 2.55 bits per heavy atom. The molecule has 29 heavy (non-hydrogen) atoms. The normalized spacial score (nSPS) is 22.2. The Morgan fingerprint density at radius 1 is 1.03 bits per heavy atom. The lowest BCUT2D eigenvalue weighted by Crippen LogP contribution is -2.29. The number of thiocarbonyl (C=S) groups is 1. The summed E-state index contributed by atoms with van der Waals surface area (Å²) in [6, 6.07) is 17.4. The molecule has 5 rings (SSSR count). The third-order valence-electron chi connectivity index (χ3n) is 6.03. The van der Waals surface area contributed by atoms with Gasteiger partial charge in [-0.2, -0.15) is 0 Å². The minimum absolute atomic E-state index is 0.00627. The summed E-state index contributed by atoms with van der Waals surface area (Å²) in [5.41, 5.74) is 3.36. The number of aromatic nitrogens is 2. The molecule has 0 bridgehead atoms. The van der Waals surface area contributed by atoms with E-state index in [4.69, 9.17) is 12.2 Å². The third kappa shape index (κ3) is 3.60. The van der Waals surface area contributed by atoms with Crippen LogP contribution in [0.1, 0.15) is 55.1 Å². The van der Waals surface area contributed by atoms with Crippen molar-refractivity contribution in [3.63, 3.8) is 0 Å². The van der Waals surface area contributed by atoms with E-state index < -0.39 is 0 Å². The third-order valence-corrected chi connectivity index (χ3v) is 6.87. The van der Waals surface area contributed by atoms with Gasteiger partial charge in [0.15, 0.2) is 5.11 Å². The number of rotatable bonds is 4. The van der Waals surface area contributed by atoms with Crippen molar-refractivity contribution in [1.82, 2.24) is 14.9 Å². The quantitative estimate of drug-likeness (QED) is 0.482. The van der Waals surface area contributed by atoms with Crippen LogP contribution in [-0.4, -0.2) is 14.7 Å². The second kappa shape index (κ2) is 7.92. The van der Waals surface area contributed by atoms with E-state index in [9.17, 15) is 0 Å². The fourth-order valence-electron chi connectivity index (χ4n) is 4.61. The molecule has 4 nitrogen and oxygen atoms in total. The molecule has 0 radical (unpaired) electrons. The van der Waals surface area contributed by atoms with Crippen molar-refractivity contribution in [2.75, 3.05) is 4.90 Å². The van der Waals surface area contributed by atoms with Crippen molar-refractivity contribution < 1.29 is 0 Å². The number of pyridine rings is 1. The van der Waals surface area contributed by atoms with Gasteiger partial charge >= 0.3 is 0 Å². The lowest BCUT2D eigenvalue weighted by molar-refractivity contribution is 0.515. The first-order chi connectivity index (χ1) is 14.2. The molecule has 1 aliphatic carbocycles. The molecule has 1 aliphatic heterocycles. The molecule has 3 aromatic rings. The molecule has 0 spiro atoms. The number of benzene rings is 1. The van der Waals surface area contributed by atoms with E-state index in [1.165, 1.54) is 31.2 Å². The second-order valence-corrected chi connectivity index (χ2v) is 9.11. The maximum atomic E-state index is 5.79. The Bertz CT molecular complexity index is 995. The predicted octanol–water partition coefficient (Wildman–Crippen LogP) is 5.94. The first-order valence-corrected chi connectivity index (χ1v) is 11.3. The Morgan fingerprint density at radius 2 is 1.83 bits per heavy atom. The monoisotopic (exact) mass is 466 g/mol. The Labute approximate surface area is 185 Å². The summed E-state index contributed by atoms with van der Waals surface area (Å²) in [5, 5.41) is 4.27. The molecule has 148 valence electrons. The number of nitrogens with zero attached hydrogens (tertiary/aromatic N) is 3. The van der Waals surface area contributed by atoms with Gasteiger partial charge in [-0.05, 0) is 73.1 Å². The molecule has 3 heterocycles. The van der Waals surface area contributed by atoms with Crippen LogP contribution in [0.2, 0.25) is 0 Å². The summed E-state index contributed by atoms with van der Waals surface area (Å²) >= 11 is 9.33. The fraction of sp³-hybridized carbons (Fsp3) is 0.304. The minimum atomic E-state index is 0.00627. The molecule has 1 aromatic carbocycles. The molecule has 2 fully saturated rings. The summed E-state index contributed by atoms with van der Waals surface area (Å²) in [6.07, 6.45) is 11.6. The van der Waals surface area contributed by atoms with Crippen molar-refractivity contribution in [3.05, 3.63) is 82.9 Å². The number of hydrogen-bond acceptors (Lipinski definition) is 2. The van der Waals surface area contributed by atoms with Crippen LogP contribution in [-0.2, 0) is 0 Å². The largest absolute Gasteiger partial charge is 0.351 e. The Hall–Kier alpha value is -2.18. The van der Waals surface area contributed by atoms with Crippen molar-refractivity contribution in [3.8, 4) is 0 Å². The van der Waals surface area contributed by atoms with Crippen LogP contribution < -0.4 is 10.2 Å². The zero-order valence-corrected chi connectivity index (χ0v) is 18.4. The molecule has 2 aliphatic rings. The average Bonchev–Trinajstić information content (AvgIpc) is 3.49. The lowest BCUT2D eigenvalue weighted by Gasteiger charge is -2.27. The topological polar surface area (TPSA) is 33.1 Å². The van der Waals surface area contributed by atoms with Gasteiger partial charge in [0, 0.05) is 34.8 Å². The summed E-state index contributed by atoms with van der Waals surface area (Å²) in [4.78, 5) is 6.87. The Kier molecular flexibility index (Phi) is 5.14. The highest BCUT2D eigenvalue weighted by Gasteiger charge is 2.41. The number of anilines is 1. The van der Waals surface area contributed by atoms with Crippen LogP contribution in [0.25, 0.3) is 0 Å². The van der Waals surface area contributed by atoms with E-state index in [2.05, 4.69) is 84.5 Å². The van der Waals surface area contributed by atoms with Crippen LogP contribution in [0.3, 0.4) is 0 Å². The molecule has 1 saturated carbocycles. The van der Waals surface area contributed by atoms with Gasteiger partial charge in [0.05, 0.1) is 17.8 Å². The summed E-state index contributed by atoms with van der Waals surface area (Å²) in [5.74, 6) is 0. The molecule has 0 unspecified atom stereocenters. The van der Waals surface area contributed by atoms with Crippen LogP contribution >= 0.6 is 28.1 Å². The fourth-order valence-corrected chi connectivity index (χ4v) is 5.22. The molecule has 1 N–H and O–H groups in total. The maximum absolute atomic E-state index is 5.79. The SMILES string of the molecule is S=C1N[C@@H](c2ccccn2)[C@@H](c2ccn(C3CCCC3)c2)N1c1ccc(Br)cc1. The van der Waals surface area contributed by atoms with Gasteiger partial charge in [0.1, 0.15) is 0 Å². The number of halogens is 1. The van der Waals surface area contributed by atoms with Crippen LogP contribution in [0.15, 0.2) is 71.6 Å². The number of hydrogen-bond donors (Lipinski definition) is 1. The lowest BCUT2D eigenvalue weighted by atomic mass is 9.98. The molecule has 1 saturated heterocycles. The first-order valence-electron chi connectivity index (χ1n) is 10.1. The van der Waals surface area contributed by atoms with Crippen LogP contribution in [0.5, 0.6) is 0 Å². The van der Waals surface area contributed by atoms with Crippen molar-refractivity contribution in [1.29, 1.82) is 0 Å². The van der Waals surface area contributed by atoms with E-state index in [-0.39, 0.29) is 12.1 Å². The highest BCUT2D eigenvalue weighted by atomic mass is 79.9. The van der Waals surface area contributed by atoms with E-state index in [0.29, 0.717) is 6.04 Å². The van der Waals surface area contributed by atoms with E-state index >= 15 is 0 Å². The summed E-state index contributed by atoms with van der Waals surface area (Å²) < 4.78 is 3.46. The van der Waals surface area contributed by atoms with Crippen molar-refractivity contribution in [2.45, 2.75) is 43.8 Å². The van der Waals surface area contributed by atoms with Gasteiger partial charge in [0.2, 0.25) is 0 Å². The van der Waals surface area contributed by atoms with Gasteiger partial charge in [-0.25, -0.2) is 0 Å². The van der Waals surface area contributed by atoms with Gasteiger partial charge in [-0.15, -0.1) is 0 Å². The molecule has 0 amide bonds. The van der Waals surface area contributed by atoms with Crippen LogP contribution in [0, 0.1) is 0 Å². The highest BCUT2D eigenvalue weighted by Crippen LogP contribution is 2.42. The predicted molar refractivity (Wildman–Crippen MR) is 124 cm³/mol. The molecule has 6 heteroatoms. The maximum Gasteiger partial charge on any atom is 0.174 e. The Balaban J connectivity index is 1.56. The highest BCUT2D eigenvalue weighted by molar-refractivity contribution is 9.10. The van der Waals surface area contributed by atoms with E-state index in [1.807, 2.05) is 18.3 Å². The molecule has 2 atom stereocenters. The first kappa shape index (κ1) is 18.8. The second-order valence-electron chi connectivity index (χ2n) is 7.80. The standard InChI is InChI=1S/C23H23BrN4S/c24-17-8-10-19(11-9-17)28-22(16-12-14-27(15-16)18-5-1-2-6-18)21(26-23(28)29)20-7-3-4-13-25-20/h3-4,7-15,18,21-22H,1-2,5-6H2,(H,26,29)/t21-,22+/m0/s1.